The molecule has 0 radical (unpaired) electrons. The number of anilines is 5. The van der Waals surface area contributed by atoms with Gasteiger partial charge < -0.3 is 58.6 Å². The molecule has 0 aromatic carbocycles. The maximum atomic E-state index is 9.05. The third-order valence-corrected chi connectivity index (χ3v) is 6.97. The quantitative estimate of drug-likeness (QED) is 0.0421. The lowest BCUT2D eigenvalue weighted by Gasteiger charge is -2.09. The lowest BCUT2D eigenvalue weighted by molar-refractivity contribution is 0.555. The molecule has 0 bridgehead atoms. The van der Waals surface area contributed by atoms with Crippen molar-refractivity contribution in [1.29, 1.82) is 0 Å². The first-order valence-corrected chi connectivity index (χ1v) is 20.0. The zero-order valence-corrected chi connectivity index (χ0v) is 33.7. The van der Waals surface area contributed by atoms with Gasteiger partial charge in [0.1, 0.15) is 0 Å². The second-order valence-electron chi connectivity index (χ2n) is 9.24. The van der Waals surface area contributed by atoms with Gasteiger partial charge in [-0.05, 0) is 64.9 Å². The first kappa shape index (κ1) is 48.3. The van der Waals surface area contributed by atoms with Crippen LogP contribution in [-0.2, 0) is 0 Å². The second kappa shape index (κ2) is 30.8. The van der Waals surface area contributed by atoms with Crippen molar-refractivity contribution in [3.05, 3.63) is 5.28 Å². The monoisotopic (exact) mass is 790 g/mol. The lowest BCUT2D eigenvalue weighted by Crippen LogP contribution is -2.34. The molecule has 0 unspecified atom stereocenters. The Bertz CT molecular complexity index is 1330. The molecule has 286 valence electrons. The zero-order valence-electron chi connectivity index (χ0n) is 30.5. The molecule has 0 saturated carbocycles. The molecular formula is C25H53B2ClN18O2S3. The van der Waals surface area contributed by atoms with Gasteiger partial charge in [0.15, 0.2) is 15.5 Å². The van der Waals surface area contributed by atoms with Crippen LogP contribution in [-0.4, -0.2) is 147 Å². The Hall–Kier alpha value is -2.74. The molecule has 0 saturated heterocycles. The van der Waals surface area contributed by atoms with Crippen molar-refractivity contribution in [2.75, 3.05) is 105 Å². The predicted molar refractivity (Wildman–Crippen MR) is 216 cm³/mol. The SMILES string of the molecule is CCNc1nc(NCCN)nc(SC)n1.CCNc1nc(NCCNB(C)O)nc(SC)n1.CN.CSc1nc(Cl)nc(NCCNB(C)O)n1. The second-order valence-corrected chi connectivity index (χ2v) is 11.9. The molecule has 51 heavy (non-hydrogen) atoms. The highest BCUT2D eigenvalue weighted by molar-refractivity contribution is 7.98. The summed E-state index contributed by atoms with van der Waals surface area (Å²) in [7, 11) is 0.467. The van der Waals surface area contributed by atoms with E-state index in [4.69, 9.17) is 27.4 Å². The van der Waals surface area contributed by atoms with E-state index in [0.29, 0.717) is 84.5 Å². The molecule has 3 aromatic rings. The van der Waals surface area contributed by atoms with E-state index >= 15 is 0 Å². The largest absolute Gasteiger partial charge is 0.437 e. The molecule has 3 rings (SSSR count). The summed E-state index contributed by atoms with van der Waals surface area (Å²) in [5.74, 6) is 2.71. The summed E-state index contributed by atoms with van der Waals surface area (Å²) in [6, 6.07) is 0. The van der Waals surface area contributed by atoms with Crippen LogP contribution in [0, 0.1) is 0 Å². The number of nitrogens with one attached hydrogen (secondary N) is 7. The molecule has 3 aromatic heterocycles. The molecule has 13 N–H and O–H groups in total. The first-order valence-electron chi connectivity index (χ1n) is 15.9. The van der Waals surface area contributed by atoms with Gasteiger partial charge in [0.05, 0.1) is 0 Å². The van der Waals surface area contributed by atoms with E-state index in [9.17, 15) is 0 Å². The van der Waals surface area contributed by atoms with Crippen LogP contribution in [0.1, 0.15) is 13.8 Å². The summed E-state index contributed by atoms with van der Waals surface area (Å²) in [4.78, 5) is 37.3. The highest BCUT2D eigenvalue weighted by atomic mass is 35.5. The fraction of sp³-hybridized carbons (Fsp3) is 0.640. The van der Waals surface area contributed by atoms with Gasteiger partial charge in [-0.3, -0.25) is 0 Å². The molecule has 20 nitrogen and oxygen atoms in total. The van der Waals surface area contributed by atoms with Gasteiger partial charge in [-0.25, -0.2) is 0 Å². The number of halogens is 1. The Morgan fingerprint density at radius 1 is 0.549 bits per heavy atom. The average Bonchev–Trinajstić information content (AvgIpc) is 3.12. The summed E-state index contributed by atoms with van der Waals surface area (Å²) in [6.45, 7) is 12.5. The van der Waals surface area contributed by atoms with E-state index in [1.165, 1.54) is 42.3 Å². The normalized spacial score (nSPS) is 9.90. The summed E-state index contributed by atoms with van der Waals surface area (Å²) >= 11 is 10.1. The van der Waals surface area contributed by atoms with Crippen molar-refractivity contribution in [2.45, 2.75) is 43.0 Å². The third-order valence-electron chi connectivity index (χ3n) is 5.16. The molecular weight excluding hydrogens is 738 g/mol. The van der Waals surface area contributed by atoms with Crippen LogP contribution in [0.5, 0.6) is 0 Å². The number of hydrogen-bond donors (Lipinski definition) is 11. The van der Waals surface area contributed by atoms with Crippen LogP contribution in [0.2, 0.25) is 18.9 Å². The van der Waals surface area contributed by atoms with Gasteiger partial charge in [-0.15, -0.1) is 0 Å². The van der Waals surface area contributed by atoms with E-state index in [0.717, 1.165) is 13.1 Å². The van der Waals surface area contributed by atoms with Crippen molar-refractivity contribution >= 4 is 90.7 Å². The van der Waals surface area contributed by atoms with Gasteiger partial charge in [-0.1, -0.05) is 35.3 Å². The van der Waals surface area contributed by atoms with Crippen LogP contribution in [0.15, 0.2) is 15.5 Å². The lowest BCUT2D eigenvalue weighted by atomic mass is 9.89. The molecule has 0 amide bonds. The van der Waals surface area contributed by atoms with Crippen LogP contribution < -0.4 is 48.5 Å². The molecule has 0 aliphatic rings. The molecule has 0 aliphatic heterocycles. The molecule has 3 heterocycles. The van der Waals surface area contributed by atoms with Crippen LogP contribution in [0.4, 0.5) is 29.7 Å². The van der Waals surface area contributed by atoms with E-state index in [2.05, 4.69) is 87.6 Å². The fourth-order valence-corrected chi connectivity index (χ4v) is 4.40. The summed E-state index contributed by atoms with van der Waals surface area (Å²) in [5, 5.41) is 41.1. The third kappa shape index (κ3) is 24.2. The molecule has 0 spiro atoms. The highest BCUT2D eigenvalue weighted by Gasteiger charge is 2.07. The number of nitrogens with two attached hydrogens (primary N) is 2. The fourth-order valence-electron chi connectivity index (χ4n) is 3.12. The Labute approximate surface area is 319 Å². The Morgan fingerprint density at radius 3 is 1.22 bits per heavy atom. The minimum Gasteiger partial charge on any atom is -0.437 e. The number of aromatic nitrogens is 9. The number of hydrogen-bond acceptors (Lipinski definition) is 23. The van der Waals surface area contributed by atoms with Crippen molar-refractivity contribution in [2.24, 2.45) is 11.5 Å². The highest BCUT2D eigenvalue weighted by Crippen LogP contribution is 2.15. The van der Waals surface area contributed by atoms with E-state index < -0.39 is 14.1 Å². The van der Waals surface area contributed by atoms with Crippen LogP contribution in [0.25, 0.3) is 0 Å². The maximum absolute atomic E-state index is 9.05. The average molecular weight is 791 g/mol. The Morgan fingerprint density at radius 2 is 0.882 bits per heavy atom. The smallest absolute Gasteiger partial charge is 0.373 e. The maximum Gasteiger partial charge on any atom is 0.373 e. The molecule has 26 heteroatoms. The van der Waals surface area contributed by atoms with Crippen LogP contribution >= 0.6 is 46.9 Å². The first-order chi connectivity index (χ1) is 24.6. The van der Waals surface area contributed by atoms with Crippen molar-refractivity contribution in [1.82, 2.24) is 55.3 Å². The topological polar surface area (TPSA) is 293 Å². The van der Waals surface area contributed by atoms with Gasteiger partial charge in [0.25, 0.3) is 0 Å². The number of rotatable bonds is 20. The Kier molecular flexibility index (Phi) is 29.2. The minimum absolute atomic E-state index is 0.172. The standard InChI is InChI=1S/C9H19BN6OS.C8H16N6S.C7H13BClN5OS.CH5N/c1-4-11-7-14-8(16-9(15-7)18-3)12-5-6-13-10(2)17;1-3-10-6-12-7(11-5-4-9)14-8(13-6)15-2;1-8(15)11-4-3-10-6-12-5(9)13-7(14-6)16-2;1-2/h13,17H,4-6H2,1-3H3,(H2,11,12,14,15,16);3-5,9H2,1-2H3,(H2,10,11,12,13,14);11,15H,3-4H2,1-2H3,(H,10,12,13,14);2H2,1H3. The van der Waals surface area contributed by atoms with Crippen molar-refractivity contribution in [3.63, 3.8) is 0 Å². The van der Waals surface area contributed by atoms with Crippen LogP contribution in [0.3, 0.4) is 0 Å². The number of thioether (sulfide) groups is 3. The summed E-state index contributed by atoms with van der Waals surface area (Å²) < 4.78 is 0. The Balaban J connectivity index is 0.000000720. The molecule has 0 fully saturated rings. The molecule has 0 atom stereocenters. The summed E-state index contributed by atoms with van der Waals surface area (Å²) in [6.07, 6.45) is 5.71. The van der Waals surface area contributed by atoms with E-state index in [1.54, 1.807) is 13.6 Å². The van der Waals surface area contributed by atoms with Gasteiger partial charge >= 0.3 is 14.1 Å². The number of nitrogens with zero attached hydrogens (tertiary/aromatic N) is 9. The van der Waals surface area contributed by atoms with Crippen molar-refractivity contribution < 1.29 is 10.0 Å². The molecule has 0 aliphatic carbocycles. The van der Waals surface area contributed by atoms with E-state index in [-0.39, 0.29) is 5.28 Å². The van der Waals surface area contributed by atoms with Gasteiger partial charge in [-0.2, -0.15) is 44.9 Å². The van der Waals surface area contributed by atoms with Gasteiger partial charge in [0.2, 0.25) is 35.0 Å². The van der Waals surface area contributed by atoms with Crippen molar-refractivity contribution in [3.8, 4) is 0 Å². The van der Waals surface area contributed by atoms with Gasteiger partial charge in [0, 0.05) is 52.4 Å². The predicted octanol–water partition coefficient (Wildman–Crippen LogP) is 0.467. The minimum atomic E-state index is -0.523. The zero-order chi connectivity index (χ0) is 38.4. The van der Waals surface area contributed by atoms with E-state index in [1.807, 2.05) is 32.6 Å². The summed E-state index contributed by atoms with van der Waals surface area (Å²) in [5.41, 5.74) is 9.89.